The number of fused-ring (bicyclic) bond motifs is 2. The van der Waals surface area contributed by atoms with Gasteiger partial charge < -0.3 is 0 Å². The highest BCUT2D eigenvalue weighted by molar-refractivity contribution is 7.13. The van der Waals surface area contributed by atoms with Crippen LogP contribution in [0.15, 0.2) is 120 Å². The van der Waals surface area contributed by atoms with Gasteiger partial charge in [-0.2, -0.15) is 0 Å². The van der Waals surface area contributed by atoms with Crippen molar-refractivity contribution in [2.24, 2.45) is 0 Å². The molecule has 42 heavy (non-hydrogen) atoms. The lowest BCUT2D eigenvalue weighted by molar-refractivity contribution is 1.04. The smallest absolute Gasteiger partial charge is 0.143 e. The zero-order valence-electron chi connectivity index (χ0n) is 22.0. The minimum atomic E-state index is 0.763. The van der Waals surface area contributed by atoms with Gasteiger partial charge in [-0.15, -0.1) is 43.1 Å². The fraction of sp³-hybridized carbons (Fsp3) is 0. The van der Waals surface area contributed by atoms with Crippen LogP contribution < -0.4 is 0 Å². The second kappa shape index (κ2) is 10.3. The molecule has 0 aliphatic heterocycles. The summed E-state index contributed by atoms with van der Waals surface area (Å²) in [5.74, 6) is 0. The fourth-order valence-electron chi connectivity index (χ4n) is 5.40. The van der Waals surface area contributed by atoms with Crippen LogP contribution in [0.5, 0.6) is 0 Å². The van der Waals surface area contributed by atoms with Crippen LogP contribution in [0.2, 0.25) is 0 Å². The van der Waals surface area contributed by atoms with Gasteiger partial charge in [-0.05, 0) is 63.0 Å². The molecule has 4 aromatic heterocycles. The Labute approximate surface area is 249 Å². The van der Waals surface area contributed by atoms with Gasteiger partial charge in [0, 0.05) is 34.3 Å². The molecule has 8 aromatic rings. The molecule has 0 amide bonds. The molecule has 0 saturated carbocycles. The average Bonchev–Trinajstić information content (AvgIpc) is 3.80. The second-order valence-electron chi connectivity index (χ2n) is 9.70. The van der Waals surface area contributed by atoms with E-state index in [1.54, 1.807) is 35.1 Å². The molecule has 0 aliphatic rings. The Bertz CT molecular complexity index is 2160. The van der Waals surface area contributed by atoms with E-state index in [4.69, 9.17) is 10.2 Å². The summed E-state index contributed by atoms with van der Waals surface area (Å²) in [6.07, 6.45) is 3.57. The highest BCUT2D eigenvalue weighted by Gasteiger charge is 2.20. The van der Waals surface area contributed by atoms with Gasteiger partial charge in [-0.25, -0.2) is 9.97 Å². The highest BCUT2D eigenvalue weighted by atomic mass is 32.1. The number of nitrogens with zero attached hydrogens (tertiary/aromatic N) is 6. The summed E-state index contributed by atoms with van der Waals surface area (Å²) in [6, 6.07) is 33.6. The van der Waals surface area contributed by atoms with E-state index in [2.05, 4.69) is 86.9 Å². The first-order valence-corrected chi connectivity index (χ1v) is 15.1. The van der Waals surface area contributed by atoms with Crippen LogP contribution in [0.1, 0.15) is 0 Å². The number of benzene rings is 4. The molecule has 6 nitrogen and oxygen atoms in total. The van der Waals surface area contributed by atoms with E-state index in [0.717, 1.165) is 76.6 Å². The van der Waals surface area contributed by atoms with Crippen LogP contribution in [0.25, 0.3) is 76.6 Å². The van der Waals surface area contributed by atoms with Crippen molar-refractivity contribution in [1.82, 2.24) is 30.4 Å². The number of hydrogen-bond acceptors (Lipinski definition) is 8. The maximum Gasteiger partial charge on any atom is 0.143 e. The molecule has 0 unspecified atom stereocenters. The predicted molar refractivity (Wildman–Crippen MR) is 171 cm³/mol. The van der Waals surface area contributed by atoms with Crippen LogP contribution in [0.3, 0.4) is 0 Å². The molecule has 0 saturated heterocycles. The second-order valence-corrected chi connectivity index (χ2v) is 11.5. The molecule has 0 N–H and O–H groups in total. The Morgan fingerprint density at radius 1 is 0.405 bits per heavy atom. The Hall–Kier alpha value is -5.18. The van der Waals surface area contributed by atoms with Crippen LogP contribution in [-0.4, -0.2) is 30.4 Å². The van der Waals surface area contributed by atoms with E-state index in [9.17, 15) is 0 Å². The number of aromatic nitrogens is 6. The van der Waals surface area contributed by atoms with Crippen molar-refractivity contribution in [1.29, 1.82) is 0 Å². The summed E-state index contributed by atoms with van der Waals surface area (Å²) in [5, 5.41) is 28.5. The summed E-state index contributed by atoms with van der Waals surface area (Å²) in [5.41, 5.74) is 7.49. The minimum absolute atomic E-state index is 0.763. The number of hydrogen-bond donors (Lipinski definition) is 0. The van der Waals surface area contributed by atoms with Gasteiger partial charge in [-0.3, -0.25) is 0 Å². The number of thiazole rings is 2. The van der Waals surface area contributed by atoms with Crippen molar-refractivity contribution < 1.29 is 0 Å². The van der Waals surface area contributed by atoms with Gasteiger partial charge in [0.2, 0.25) is 0 Å². The van der Waals surface area contributed by atoms with Gasteiger partial charge in [0.25, 0.3) is 0 Å². The van der Waals surface area contributed by atoms with E-state index in [0.29, 0.717) is 0 Å². The largest absolute Gasteiger partial charge is 0.243 e. The van der Waals surface area contributed by atoms with E-state index >= 15 is 0 Å². The van der Waals surface area contributed by atoms with Crippen molar-refractivity contribution in [2.45, 2.75) is 0 Å². The lowest BCUT2D eigenvalue weighted by Gasteiger charge is -2.17. The SMILES string of the molecule is c1ccc(-c2ccc3c(-c4ccc(-c5nccs5)nn4)c4ccccc4c(-c4ccc(-c5nccs5)nn4)c3c2)cc1. The molecular weight excluding hydrogens is 557 g/mol. The standard InChI is InChI=1S/C34H20N6S2/c1-2-6-21(7-3-1)22-10-11-25-26(20-22)32(28-13-15-30(40-38-28)34-36-17-19-42-34)24-9-5-4-8-23(24)31(25)27-12-14-29(39-37-27)33-35-16-18-41-33/h1-20H. The summed E-state index contributed by atoms with van der Waals surface area (Å²) < 4.78 is 0. The molecule has 8 heteroatoms. The van der Waals surface area contributed by atoms with Crippen LogP contribution in [0.4, 0.5) is 0 Å². The highest BCUT2D eigenvalue weighted by Crippen LogP contribution is 2.44. The monoisotopic (exact) mass is 576 g/mol. The van der Waals surface area contributed by atoms with Gasteiger partial charge in [0.1, 0.15) is 21.4 Å². The van der Waals surface area contributed by atoms with Crippen molar-refractivity contribution in [2.75, 3.05) is 0 Å². The minimum Gasteiger partial charge on any atom is -0.243 e. The van der Waals surface area contributed by atoms with E-state index in [-0.39, 0.29) is 0 Å². The topological polar surface area (TPSA) is 77.3 Å². The molecule has 198 valence electrons. The van der Waals surface area contributed by atoms with Crippen molar-refractivity contribution >= 4 is 44.2 Å². The average molecular weight is 577 g/mol. The Morgan fingerprint density at radius 3 is 1.43 bits per heavy atom. The van der Waals surface area contributed by atoms with E-state index in [1.807, 2.05) is 41.1 Å². The summed E-state index contributed by atoms with van der Waals surface area (Å²) in [4.78, 5) is 8.80. The lowest BCUT2D eigenvalue weighted by Crippen LogP contribution is -1.97. The molecule has 0 aliphatic carbocycles. The first-order valence-electron chi connectivity index (χ1n) is 13.4. The zero-order chi connectivity index (χ0) is 27.9. The molecule has 0 radical (unpaired) electrons. The summed E-state index contributed by atoms with van der Waals surface area (Å²) in [6.45, 7) is 0. The lowest BCUT2D eigenvalue weighted by atomic mass is 9.87. The van der Waals surface area contributed by atoms with Crippen molar-refractivity contribution in [3.05, 3.63) is 120 Å². The van der Waals surface area contributed by atoms with Gasteiger partial charge in [-0.1, -0.05) is 66.7 Å². The quantitative estimate of drug-likeness (QED) is 0.191. The van der Waals surface area contributed by atoms with Crippen LogP contribution in [-0.2, 0) is 0 Å². The third-order valence-electron chi connectivity index (χ3n) is 7.28. The molecule has 4 heterocycles. The maximum atomic E-state index is 4.73. The molecule has 0 spiro atoms. The third-order valence-corrected chi connectivity index (χ3v) is 8.87. The molecule has 0 atom stereocenters. The van der Waals surface area contributed by atoms with Crippen molar-refractivity contribution in [3.63, 3.8) is 0 Å². The van der Waals surface area contributed by atoms with Gasteiger partial charge >= 0.3 is 0 Å². The normalized spacial score (nSPS) is 11.3. The summed E-state index contributed by atoms with van der Waals surface area (Å²) >= 11 is 3.10. The van der Waals surface area contributed by atoms with E-state index < -0.39 is 0 Å². The Balaban J connectivity index is 1.40. The van der Waals surface area contributed by atoms with Gasteiger partial charge in [0.05, 0.1) is 11.4 Å². The van der Waals surface area contributed by atoms with Crippen molar-refractivity contribution in [3.8, 4) is 55.0 Å². The summed E-state index contributed by atoms with van der Waals surface area (Å²) in [7, 11) is 0. The maximum absolute atomic E-state index is 4.73. The van der Waals surface area contributed by atoms with Crippen LogP contribution >= 0.6 is 22.7 Å². The number of rotatable bonds is 5. The molecular formula is C34H20N6S2. The van der Waals surface area contributed by atoms with Gasteiger partial charge in [0.15, 0.2) is 0 Å². The first-order chi connectivity index (χ1) is 20.8. The fourth-order valence-corrected chi connectivity index (χ4v) is 6.60. The molecule has 0 fully saturated rings. The van der Waals surface area contributed by atoms with E-state index in [1.165, 1.54) is 0 Å². The molecule has 8 rings (SSSR count). The van der Waals surface area contributed by atoms with Crippen LogP contribution in [0, 0.1) is 0 Å². The Kier molecular flexibility index (Phi) is 6.05. The zero-order valence-corrected chi connectivity index (χ0v) is 23.7. The Morgan fingerprint density at radius 2 is 0.905 bits per heavy atom. The first kappa shape index (κ1) is 24.6. The molecule has 0 bridgehead atoms. The predicted octanol–water partition coefficient (Wildman–Crippen LogP) is 8.82. The third kappa shape index (κ3) is 4.25. The molecule has 4 aromatic carbocycles.